The van der Waals surface area contributed by atoms with Crippen molar-refractivity contribution in [3.63, 3.8) is 0 Å². The van der Waals surface area contributed by atoms with E-state index in [0.717, 1.165) is 10.4 Å². The summed E-state index contributed by atoms with van der Waals surface area (Å²) in [6, 6.07) is 2.78. The van der Waals surface area contributed by atoms with Gasteiger partial charge in [-0.1, -0.05) is 30.7 Å². The average molecular weight is 316 g/mol. The molecule has 1 aromatic heterocycles. The number of hydrogen-bond acceptors (Lipinski definition) is 2. The maximum absolute atomic E-state index is 14.2. The second-order valence-electron chi connectivity index (χ2n) is 4.69. The van der Waals surface area contributed by atoms with Crippen molar-refractivity contribution < 1.29 is 8.78 Å². The van der Waals surface area contributed by atoms with Gasteiger partial charge in [-0.05, 0) is 36.9 Å². The molecule has 0 fully saturated rings. The summed E-state index contributed by atoms with van der Waals surface area (Å²) in [7, 11) is 0. The quantitative estimate of drug-likeness (QED) is 0.837. The molecule has 2 rings (SSSR count). The highest BCUT2D eigenvalue weighted by Crippen LogP contribution is 2.37. The van der Waals surface area contributed by atoms with Crippen LogP contribution in [0.3, 0.4) is 0 Å². The molecule has 1 aromatic carbocycles. The molecule has 0 bridgehead atoms. The third-order valence-corrected chi connectivity index (χ3v) is 4.99. The minimum absolute atomic E-state index is 0.290. The van der Waals surface area contributed by atoms with Crippen LogP contribution in [0.1, 0.15) is 34.5 Å². The van der Waals surface area contributed by atoms with E-state index in [9.17, 15) is 8.78 Å². The zero-order valence-corrected chi connectivity index (χ0v) is 13.1. The monoisotopic (exact) mass is 315 g/mol. The lowest BCUT2D eigenvalue weighted by Gasteiger charge is -2.19. The second-order valence-corrected chi connectivity index (χ2v) is 5.98. The van der Waals surface area contributed by atoms with Crippen LogP contribution in [0.25, 0.3) is 0 Å². The van der Waals surface area contributed by atoms with Gasteiger partial charge in [-0.15, -0.1) is 11.3 Å². The van der Waals surface area contributed by atoms with E-state index in [1.807, 2.05) is 19.2 Å². The molecule has 0 aliphatic heterocycles. The lowest BCUT2D eigenvalue weighted by atomic mass is 10.0. The Balaban J connectivity index is 2.54. The van der Waals surface area contributed by atoms with E-state index in [4.69, 9.17) is 11.6 Å². The van der Waals surface area contributed by atoms with Crippen molar-refractivity contribution in [3.8, 4) is 0 Å². The van der Waals surface area contributed by atoms with E-state index in [1.54, 1.807) is 19.1 Å². The predicted molar refractivity (Wildman–Crippen MR) is 80.7 cm³/mol. The van der Waals surface area contributed by atoms with Crippen LogP contribution in [0.5, 0.6) is 0 Å². The van der Waals surface area contributed by atoms with Crippen molar-refractivity contribution in [2.24, 2.45) is 0 Å². The Hall–Kier alpha value is -0.970. The van der Waals surface area contributed by atoms with Crippen LogP contribution in [0.2, 0.25) is 5.02 Å². The highest BCUT2D eigenvalue weighted by atomic mass is 35.5. The molecule has 0 saturated carbocycles. The number of rotatable bonds is 4. The van der Waals surface area contributed by atoms with Crippen LogP contribution in [0.4, 0.5) is 8.78 Å². The fraction of sp³-hybridized carbons (Fsp3) is 0.333. The molecule has 1 N–H and O–H groups in total. The summed E-state index contributed by atoms with van der Waals surface area (Å²) in [5, 5.41) is 5.71. The van der Waals surface area contributed by atoms with E-state index in [2.05, 4.69) is 5.32 Å². The summed E-state index contributed by atoms with van der Waals surface area (Å²) in [4.78, 5) is 0.813. The first kappa shape index (κ1) is 15.4. The second kappa shape index (κ2) is 6.20. The van der Waals surface area contributed by atoms with Gasteiger partial charge in [-0.2, -0.15) is 0 Å². The van der Waals surface area contributed by atoms with Crippen molar-refractivity contribution in [1.29, 1.82) is 0 Å². The number of thiophene rings is 1. The molecule has 0 aliphatic carbocycles. The highest BCUT2D eigenvalue weighted by Gasteiger charge is 2.24. The summed E-state index contributed by atoms with van der Waals surface area (Å²) in [6.45, 7) is 6.00. The highest BCUT2D eigenvalue weighted by molar-refractivity contribution is 7.10. The van der Waals surface area contributed by atoms with E-state index >= 15 is 0 Å². The van der Waals surface area contributed by atoms with Gasteiger partial charge in [0.2, 0.25) is 0 Å². The minimum atomic E-state index is -0.807. The Morgan fingerprint density at radius 2 is 1.90 bits per heavy atom. The molecule has 5 heteroatoms. The first-order valence-corrected chi connectivity index (χ1v) is 7.64. The Labute approximate surface area is 126 Å². The summed E-state index contributed by atoms with van der Waals surface area (Å²) >= 11 is 7.72. The number of nitrogens with one attached hydrogen (secondary N) is 1. The zero-order valence-electron chi connectivity index (χ0n) is 11.6. The van der Waals surface area contributed by atoms with E-state index in [-0.39, 0.29) is 0 Å². The molecule has 108 valence electrons. The zero-order chi connectivity index (χ0) is 14.9. The fourth-order valence-electron chi connectivity index (χ4n) is 2.08. The van der Waals surface area contributed by atoms with Gasteiger partial charge in [-0.3, -0.25) is 0 Å². The minimum Gasteiger partial charge on any atom is -0.306 e. The lowest BCUT2D eigenvalue weighted by Crippen LogP contribution is -2.23. The summed E-state index contributed by atoms with van der Waals surface area (Å²) in [6.07, 6.45) is 0. The topological polar surface area (TPSA) is 12.0 Å². The van der Waals surface area contributed by atoms with E-state index < -0.39 is 17.7 Å². The molecular formula is C15H16ClF2NS. The fourth-order valence-corrected chi connectivity index (χ4v) is 3.47. The molecule has 0 saturated heterocycles. The molecule has 1 unspecified atom stereocenters. The molecule has 0 amide bonds. The summed E-state index contributed by atoms with van der Waals surface area (Å²) in [5.74, 6) is -1.60. The van der Waals surface area contributed by atoms with Crippen LogP contribution in [-0.2, 0) is 0 Å². The van der Waals surface area contributed by atoms with Crippen LogP contribution in [-0.4, -0.2) is 6.54 Å². The molecular weight excluding hydrogens is 300 g/mol. The van der Waals surface area contributed by atoms with Gasteiger partial charge in [0.25, 0.3) is 0 Å². The molecule has 2 aromatic rings. The SMILES string of the molecule is CCNC(c1ccc(C)c(F)c1F)c1scc(C)c1Cl. The Bertz CT molecular complexity index is 625. The lowest BCUT2D eigenvalue weighted by molar-refractivity contribution is 0.480. The number of benzene rings is 1. The Kier molecular flexibility index (Phi) is 4.78. The van der Waals surface area contributed by atoms with Gasteiger partial charge in [-0.25, -0.2) is 8.78 Å². The van der Waals surface area contributed by atoms with Crippen LogP contribution >= 0.6 is 22.9 Å². The van der Waals surface area contributed by atoms with Gasteiger partial charge >= 0.3 is 0 Å². The predicted octanol–water partition coefficient (Wildman–Crippen LogP) is 5.00. The molecule has 0 aliphatic rings. The van der Waals surface area contributed by atoms with E-state index in [1.165, 1.54) is 11.3 Å². The standard InChI is InChI=1S/C15H16ClF2NS/c1-4-19-14(15-11(16)9(3)7-20-15)10-6-5-8(2)12(17)13(10)18/h5-7,14,19H,4H2,1-3H3. The van der Waals surface area contributed by atoms with Crippen LogP contribution < -0.4 is 5.32 Å². The summed E-state index contributed by atoms with van der Waals surface area (Å²) < 4.78 is 28.0. The summed E-state index contributed by atoms with van der Waals surface area (Å²) in [5.41, 5.74) is 1.54. The number of halogens is 3. The molecule has 1 heterocycles. The first-order valence-electron chi connectivity index (χ1n) is 6.38. The number of aryl methyl sites for hydroxylation is 2. The number of hydrogen-bond donors (Lipinski definition) is 1. The van der Waals surface area contributed by atoms with Gasteiger partial charge < -0.3 is 5.32 Å². The molecule has 0 radical (unpaired) electrons. The largest absolute Gasteiger partial charge is 0.306 e. The third kappa shape index (κ3) is 2.73. The van der Waals surface area contributed by atoms with Crippen molar-refractivity contribution in [2.75, 3.05) is 6.54 Å². The molecule has 0 spiro atoms. The molecule has 1 atom stereocenters. The van der Waals surface area contributed by atoms with Gasteiger partial charge in [0.1, 0.15) is 0 Å². The average Bonchev–Trinajstić information content (AvgIpc) is 2.75. The van der Waals surface area contributed by atoms with Crippen LogP contribution in [0.15, 0.2) is 17.5 Å². The maximum atomic E-state index is 14.2. The van der Waals surface area contributed by atoms with Crippen molar-refractivity contribution in [2.45, 2.75) is 26.8 Å². The van der Waals surface area contributed by atoms with Crippen LogP contribution in [0, 0.1) is 25.5 Å². The van der Waals surface area contributed by atoms with E-state index in [0.29, 0.717) is 22.7 Å². The molecule has 1 nitrogen and oxygen atoms in total. The van der Waals surface area contributed by atoms with Crippen molar-refractivity contribution in [3.05, 3.63) is 55.7 Å². The normalized spacial score (nSPS) is 12.7. The molecule has 20 heavy (non-hydrogen) atoms. The maximum Gasteiger partial charge on any atom is 0.164 e. The third-order valence-electron chi connectivity index (χ3n) is 3.21. The van der Waals surface area contributed by atoms with Gasteiger partial charge in [0.05, 0.1) is 11.1 Å². The smallest absolute Gasteiger partial charge is 0.164 e. The van der Waals surface area contributed by atoms with Crippen molar-refractivity contribution in [1.82, 2.24) is 5.32 Å². The first-order chi connectivity index (χ1) is 9.47. The van der Waals surface area contributed by atoms with Gasteiger partial charge in [0, 0.05) is 10.4 Å². The Morgan fingerprint density at radius 3 is 2.45 bits per heavy atom. The van der Waals surface area contributed by atoms with Crippen molar-refractivity contribution >= 4 is 22.9 Å². The van der Waals surface area contributed by atoms with Gasteiger partial charge in [0.15, 0.2) is 11.6 Å². The Morgan fingerprint density at radius 1 is 1.20 bits per heavy atom.